The SMILES string of the molecule is O=C(O)CO/N=C/c1ccc([N+](=O)[O-])c(CO)c1. The molecule has 0 spiro atoms. The Kier molecular flexibility index (Phi) is 4.76. The van der Waals surface area contributed by atoms with Gasteiger partial charge in [-0.3, -0.25) is 10.1 Å². The number of nitro benzene ring substituents is 1. The number of carbonyl (C=O) groups is 1. The zero-order valence-corrected chi connectivity index (χ0v) is 9.15. The van der Waals surface area contributed by atoms with Gasteiger partial charge in [-0.05, 0) is 17.7 Å². The summed E-state index contributed by atoms with van der Waals surface area (Å²) in [5.74, 6) is -1.16. The molecule has 0 saturated carbocycles. The molecule has 96 valence electrons. The molecule has 8 nitrogen and oxygen atoms in total. The van der Waals surface area contributed by atoms with E-state index in [4.69, 9.17) is 10.2 Å². The van der Waals surface area contributed by atoms with Crippen LogP contribution >= 0.6 is 0 Å². The van der Waals surface area contributed by atoms with Gasteiger partial charge in [-0.25, -0.2) is 4.79 Å². The molecule has 0 fully saturated rings. The molecule has 0 aromatic heterocycles. The second-order valence-corrected chi connectivity index (χ2v) is 3.21. The number of aliphatic hydroxyl groups excluding tert-OH is 1. The standard InChI is InChI=1S/C10H10N2O6/c13-5-8-3-7(1-2-9(8)12(16)17)4-11-18-6-10(14)15/h1-4,13H,5-6H2,(H,14,15)/b11-4+. The van der Waals surface area contributed by atoms with Crippen LogP contribution in [0, 0.1) is 10.1 Å². The monoisotopic (exact) mass is 254 g/mol. The van der Waals surface area contributed by atoms with E-state index in [-0.39, 0.29) is 11.3 Å². The summed E-state index contributed by atoms with van der Waals surface area (Å²) in [5.41, 5.74) is 0.401. The van der Waals surface area contributed by atoms with Crippen LogP contribution in [-0.2, 0) is 16.2 Å². The number of aliphatic hydroxyl groups is 1. The van der Waals surface area contributed by atoms with Crippen molar-refractivity contribution in [2.45, 2.75) is 6.61 Å². The van der Waals surface area contributed by atoms with Crippen molar-refractivity contribution in [1.82, 2.24) is 0 Å². The van der Waals surface area contributed by atoms with Gasteiger partial charge in [0.25, 0.3) is 5.69 Å². The summed E-state index contributed by atoms with van der Waals surface area (Å²) in [5, 5.41) is 31.2. The first-order chi connectivity index (χ1) is 8.54. The molecular weight excluding hydrogens is 244 g/mol. The predicted octanol–water partition coefficient (Wildman–Crippen LogP) is 0.522. The zero-order valence-electron chi connectivity index (χ0n) is 9.15. The molecule has 1 rings (SSSR count). The van der Waals surface area contributed by atoms with Crippen LogP contribution in [0.5, 0.6) is 0 Å². The lowest BCUT2D eigenvalue weighted by Gasteiger charge is -2.00. The molecule has 0 amide bonds. The van der Waals surface area contributed by atoms with Gasteiger partial charge in [0.1, 0.15) is 0 Å². The van der Waals surface area contributed by atoms with E-state index in [1.807, 2.05) is 0 Å². The molecule has 0 aliphatic carbocycles. The predicted molar refractivity (Wildman–Crippen MR) is 60.2 cm³/mol. The molecule has 0 atom stereocenters. The highest BCUT2D eigenvalue weighted by Crippen LogP contribution is 2.19. The summed E-state index contributed by atoms with van der Waals surface area (Å²) in [6.07, 6.45) is 1.20. The van der Waals surface area contributed by atoms with Gasteiger partial charge in [0, 0.05) is 6.07 Å². The number of nitro groups is 1. The molecule has 1 aromatic carbocycles. The Balaban J connectivity index is 2.79. The quantitative estimate of drug-likeness (QED) is 0.433. The number of carboxylic acids is 1. The molecule has 0 bridgehead atoms. The van der Waals surface area contributed by atoms with Crippen LogP contribution in [0.15, 0.2) is 23.4 Å². The van der Waals surface area contributed by atoms with E-state index in [1.54, 1.807) is 0 Å². The third-order valence-corrected chi connectivity index (χ3v) is 1.93. The number of aliphatic carboxylic acids is 1. The van der Waals surface area contributed by atoms with E-state index >= 15 is 0 Å². The maximum absolute atomic E-state index is 10.6. The van der Waals surface area contributed by atoms with Gasteiger partial charge in [0.15, 0.2) is 0 Å². The Morgan fingerprint density at radius 2 is 2.28 bits per heavy atom. The number of oxime groups is 1. The third kappa shape index (κ3) is 3.83. The zero-order chi connectivity index (χ0) is 13.5. The fraction of sp³-hybridized carbons (Fsp3) is 0.200. The van der Waals surface area contributed by atoms with Gasteiger partial charge in [-0.15, -0.1) is 0 Å². The number of hydrogen-bond acceptors (Lipinski definition) is 6. The molecule has 2 N–H and O–H groups in total. The van der Waals surface area contributed by atoms with Gasteiger partial charge in [-0.1, -0.05) is 5.16 Å². The molecule has 0 radical (unpaired) electrons. The first kappa shape index (κ1) is 13.6. The maximum Gasteiger partial charge on any atom is 0.344 e. The van der Waals surface area contributed by atoms with Crippen molar-refractivity contribution in [3.63, 3.8) is 0 Å². The average molecular weight is 254 g/mol. The Labute approximate surface area is 101 Å². The highest BCUT2D eigenvalue weighted by Gasteiger charge is 2.12. The molecule has 0 heterocycles. The van der Waals surface area contributed by atoms with Crippen molar-refractivity contribution in [1.29, 1.82) is 0 Å². The van der Waals surface area contributed by atoms with E-state index in [2.05, 4.69) is 9.99 Å². The number of benzene rings is 1. The second kappa shape index (κ2) is 6.30. The Morgan fingerprint density at radius 1 is 1.56 bits per heavy atom. The summed E-state index contributed by atoms with van der Waals surface area (Å²) >= 11 is 0. The molecule has 0 aliphatic heterocycles. The molecule has 0 aliphatic rings. The number of carboxylic acid groups (broad SMARTS) is 1. The van der Waals surface area contributed by atoms with Crippen LogP contribution < -0.4 is 0 Å². The van der Waals surface area contributed by atoms with Crippen LogP contribution in [0.4, 0.5) is 5.69 Å². The lowest BCUT2D eigenvalue weighted by Crippen LogP contribution is -2.03. The van der Waals surface area contributed by atoms with Crippen LogP contribution in [0.2, 0.25) is 0 Å². The van der Waals surface area contributed by atoms with E-state index in [0.717, 1.165) is 0 Å². The summed E-state index contributed by atoms with van der Waals surface area (Å²) in [6.45, 7) is -1.05. The van der Waals surface area contributed by atoms with Gasteiger partial charge < -0.3 is 15.1 Å². The summed E-state index contributed by atoms with van der Waals surface area (Å²) in [7, 11) is 0. The van der Waals surface area contributed by atoms with Gasteiger partial charge in [0.2, 0.25) is 6.61 Å². The van der Waals surface area contributed by atoms with Gasteiger partial charge in [0.05, 0.1) is 23.3 Å². The fourth-order valence-electron chi connectivity index (χ4n) is 1.18. The van der Waals surface area contributed by atoms with Crippen molar-refractivity contribution >= 4 is 17.9 Å². The van der Waals surface area contributed by atoms with E-state index in [9.17, 15) is 14.9 Å². The van der Waals surface area contributed by atoms with Crippen molar-refractivity contribution < 1.29 is 24.8 Å². The molecular formula is C10H10N2O6. The lowest BCUT2D eigenvalue weighted by molar-refractivity contribution is -0.385. The van der Waals surface area contributed by atoms with Gasteiger partial charge in [-0.2, -0.15) is 0 Å². The first-order valence-electron chi connectivity index (χ1n) is 4.80. The summed E-state index contributed by atoms with van der Waals surface area (Å²) in [4.78, 5) is 24.5. The second-order valence-electron chi connectivity index (χ2n) is 3.21. The Hall–Kier alpha value is -2.48. The number of rotatable bonds is 6. The molecule has 18 heavy (non-hydrogen) atoms. The van der Waals surface area contributed by atoms with Crippen molar-refractivity contribution in [3.8, 4) is 0 Å². The van der Waals surface area contributed by atoms with Crippen molar-refractivity contribution in [2.24, 2.45) is 5.16 Å². The normalized spacial score (nSPS) is 10.5. The highest BCUT2D eigenvalue weighted by atomic mass is 16.6. The first-order valence-corrected chi connectivity index (χ1v) is 4.80. The summed E-state index contributed by atoms with van der Waals surface area (Å²) < 4.78 is 0. The molecule has 0 unspecified atom stereocenters. The number of hydrogen-bond donors (Lipinski definition) is 2. The van der Waals surface area contributed by atoms with Crippen LogP contribution in [0.3, 0.4) is 0 Å². The van der Waals surface area contributed by atoms with Crippen LogP contribution in [0.1, 0.15) is 11.1 Å². The Morgan fingerprint density at radius 3 is 2.83 bits per heavy atom. The minimum atomic E-state index is -1.16. The topological polar surface area (TPSA) is 122 Å². The third-order valence-electron chi connectivity index (χ3n) is 1.93. The minimum Gasteiger partial charge on any atom is -0.479 e. The van der Waals surface area contributed by atoms with Crippen LogP contribution in [0.25, 0.3) is 0 Å². The van der Waals surface area contributed by atoms with Crippen LogP contribution in [-0.4, -0.2) is 33.9 Å². The van der Waals surface area contributed by atoms with E-state index in [1.165, 1.54) is 24.4 Å². The molecule has 1 aromatic rings. The smallest absolute Gasteiger partial charge is 0.344 e. The average Bonchev–Trinajstić information content (AvgIpc) is 2.33. The summed E-state index contributed by atoms with van der Waals surface area (Å²) in [6, 6.07) is 4.00. The maximum atomic E-state index is 10.6. The Bertz CT molecular complexity index is 485. The fourth-order valence-corrected chi connectivity index (χ4v) is 1.18. The number of nitrogens with zero attached hydrogens (tertiary/aromatic N) is 2. The highest BCUT2D eigenvalue weighted by molar-refractivity contribution is 5.80. The van der Waals surface area contributed by atoms with E-state index in [0.29, 0.717) is 5.56 Å². The largest absolute Gasteiger partial charge is 0.479 e. The van der Waals surface area contributed by atoms with Crippen molar-refractivity contribution in [3.05, 3.63) is 39.4 Å². The molecule has 0 saturated heterocycles. The van der Waals surface area contributed by atoms with Crippen molar-refractivity contribution in [2.75, 3.05) is 6.61 Å². The van der Waals surface area contributed by atoms with E-state index < -0.39 is 24.1 Å². The lowest BCUT2D eigenvalue weighted by atomic mass is 10.1. The molecule has 8 heteroatoms. The van der Waals surface area contributed by atoms with Gasteiger partial charge >= 0.3 is 5.97 Å². The minimum absolute atomic E-state index is 0.141.